The first-order valence-corrected chi connectivity index (χ1v) is 6.75. The van der Waals surface area contributed by atoms with Crippen LogP contribution in [0.1, 0.15) is 29.1 Å². The quantitative estimate of drug-likeness (QED) is 0.906. The second-order valence-corrected chi connectivity index (χ2v) is 5.82. The van der Waals surface area contributed by atoms with Gasteiger partial charge in [-0.3, -0.25) is 0 Å². The summed E-state index contributed by atoms with van der Waals surface area (Å²) in [5.41, 5.74) is 2.58. The second kappa shape index (κ2) is 5.63. The molecule has 0 aliphatic rings. The molecule has 1 heterocycles. The minimum Gasteiger partial charge on any atom is -0.304 e. The summed E-state index contributed by atoms with van der Waals surface area (Å²) in [4.78, 5) is 4.22. The first-order chi connectivity index (χ1) is 8.15. The SMILES string of the molecule is Cc1cccc([C@@H](C)NCc2ncc(Cl)s2)c1. The van der Waals surface area contributed by atoms with E-state index in [1.54, 1.807) is 6.20 Å². The van der Waals surface area contributed by atoms with Gasteiger partial charge < -0.3 is 5.32 Å². The zero-order valence-electron chi connectivity index (χ0n) is 9.90. The number of hydrogen-bond donors (Lipinski definition) is 1. The van der Waals surface area contributed by atoms with Gasteiger partial charge >= 0.3 is 0 Å². The Morgan fingerprint density at radius 2 is 2.29 bits per heavy atom. The molecule has 1 N–H and O–H groups in total. The molecular weight excluding hydrogens is 252 g/mol. The largest absolute Gasteiger partial charge is 0.304 e. The number of aryl methyl sites for hydroxylation is 1. The molecule has 0 unspecified atom stereocenters. The van der Waals surface area contributed by atoms with E-state index < -0.39 is 0 Å². The Kier molecular flexibility index (Phi) is 4.15. The number of nitrogens with zero attached hydrogens (tertiary/aromatic N) is 1. The molecule has 0 saturated carbocycles. The molecular formula is C13H15ClN2S. The van der Waals surface area contributed by atoms with E-state index in [9.17, 15) is 0 Å². The van der Waals surface area contributed by atoms with Crippen LogP contribution in [0.5, 0.6) is 0 Å². The van der Waals surface area contributed by atoms with Gasteiger partial charge in [0.05, 0.1) is 6.20 Å². The molecule has 0 amide bonds. The van der Waals surface area contributed by atoms with Gasteiger partial charge in [-0.2, -0.15) is 0 Å². The number of aromatic nitrogens is 1. The third kappa shape index (κ3) is 3.53. The van der Waals surface area contributed by atoms with Crippen molar-refractivity contribution in [1.29, 1.82) is 0 Å². The summed E-state index contributed by atoms with van der Waals surface area (Å²) >= 11 is 7.36. The van der Waals surface area contributed by atoms with Crippen molar-refractivity contribution in [2.24, 2.45) is 0 Å². The Bertz CT molecular complexity index is 496. The van der Waals surface area contributed by atoms with Gasteiger partial charge in [0.1, 0.15) is 9.34 Å². The van der Waals surface area contributed by atoms with Gasteiger partial charge in [0.2, 0.25) is 0 Å². The van der Waals surface area contributed by atoms with Crippen LogP contribution >= 0.6 is 22.9 Å². The molecule has 1 aromatic heterocycles. The lowest BCUT2D eigenvalue weighted by Crippen LogP contribution is -2.17. The summed E-state index contributed by atoms with van der Waals surface area (Å²) in [6.45, 7) is 5.02. The highest BCUT2D eigenvalue weighted by Gasteiger charge is 2.06. The summed E-state index contributed by atoms with van der Waals surface area (Å²) in [5, 5.41) is 4.47. The number of nitrogens with one attached hydrogen (secondary N) is 1. The molecule has 17 heavy (non-hydrogen) atoms. The number of hydrogen-bond acceptors (Lipinski definition) is 3. The van der Waals surface area contributed by atoms with Gasteiger partial charge in [0.15, 0.2) is 0 Å². The van der Waals surface area contributed by atoms with Crippen LogP contribution in [0.4, 0.5) is 0 Å². The van der Waals surface area contributed by atoms with Gasteiger partial charge in [-0.15, -0.1) is 11.3 Å². The zero-order chi connectivity index (χ0) is 12.3. The van der Waals surface area contributed by atoms with Gasteiger partial charge in [0, 0.05) is 12.6 Å². The minimum atomic E-state index is 0.317. The molecule has 2 rings (SSSR count). The molecule has 1 atom stereocenters. The summed E-state index contributed by atoms with van der Waals surface area (Å²) in [6, 6.07) is 8.85. The van der Waals surface area contributed by atoms with E-state index in [2.05, 4.69) is 48.4 Å². The van der Waals surface area contributed by atoms with Crippen LogP contribution in [0.3, 0.4) is 0 Å². The average Bonchev–Trinajstić information content (AvgIpc) is 2.72. The highest BCUT2D eigenvalue weighted by atomic mass is 35.5. The number of benzene rings is 1. The molecule has 0 radical (unpaired) electrons. The lowest BCUT2D eigenvalue weighted by atomic mass is 10.1. The zero-order valence-corrected chi connectivity index (χ0v) is 11.5. The predicted octanol–water partition coefficient (Wildman–Crippen LogP) is 3.96. The fourth-order valence-corrected chi connectivity index (χ4v) is 2.57. The van der Waals surface area contributed by atoms with Gasteiger partial charge in [-0.25, -0.2) is 4.98 Å². The van der Waals surface area contributed by atoms with Gasteiger partial charge in [-0.1, -0.05) is 41.4 Å². The van der Waals surface area contributed by atoms with Crippen LogP contribution in [0.15, 0.2) is 30.5 Å². The third-order valence-corrected chi connectivity index (χ3v) is 3.74. The Balaban J connectivity index is 1.95. The lowest BCUT2D eigenvalue weighted by Gasteiger charge is -2.13. The maximum atomic E-state index is 5.84. The monoisotopic (exact) mass is 266 g/mol. The Hall–Kier alpha value is -0.900. The average molecular weight is 267 g/mol. The van der Waals surface area contributed by atoms with Crippen molar-refractivity contribution in [1.82, 2.24) is 10.3 Å². The summed E-state index contributed by atoms with van der Waals surface area (Å²) in [5.74, 6) is 0. The van der Waals surface area contributed by atoms with Crippen LogP contribution in [0, 0.1) is 6.92 Å². The van der Waals surface area contributed by atoms with E-state index in [0.717, 1.165) is 15.9 Å². The van der Waals surface area contributed by atoms with Crippen molar-refractivity contribution >= 4 is 22.9 Å². The fraction of sp³-hybridized carbons (Fsp3) is 0.308. The highest BCUT2D eigenvalue weighted by Crippen LogP contribution is 2.19. The molecule has 0 bridgehead atoms. The molecule has 0 aliphatic carbocycles. The van der Waals surface area contributed by atoms with E-state index in [-0.39, 0.29) is 0 Å². The molecule has 4 heteroatoms. The van der Waals surface area contributed by atoms with Crippen molar-refractivity contribution < 1.29 is 0 Å². The van der Waals surface area contributed by atoms with Crippen molar-refractivity contribution in [2.75, 3.05) is 0 Å². The van der Waals surface area contributed by atoms with Crippen LogP contribution < -0.4 is 5.32 Å². The lowest BCUT2D eigenvalue weighted by molar-refractivity contribution is 0.573. The first-order valence-electron chi connectivity index (χ1n) is 5.55. The maximum absolute atomic E-state index is 5.84. The fourth-order valence-electron chi connectivity index (χ4n) is 1.67. The topological polar surface area (TPSA) is 24.9 Å². The molecule has 2 nitrogen and oxygen atoms in total. The summed E-state index contributed by atoms with van der Waals surface area (Å²) in [6.07, 6.45) is 1.70. The highest BCUT2D eigenvalue weighted by molar-refractivity contribution is 7.15. The number of rotatable bonds is 4. The van der Waals surface area contributed by atoms with Gasteiger partial charge in [0.25, 0.3) is 0 Å². The van der Waals surface area contributed by atoms with Crippen molar-refractivity contribution in [3.8, 4) is 0 Å². The van der Waals surface area contributed by atoms with Gasteiger partial charge in [-0.05, 0) is 19.4 Å². The van der Waals surface area contributed by atoms with Crippen LogP contribution in [-0.2, 0) is 6.54 Å². The summed E-state index contributed by atoms with van der Waals surface area (Å²) < 4.78 is 0.741. The molecule has 1 aromatic carbocycles. The molecule has 0 aliphatic heterocycles. The first kappa shape index (κ1) is 12.6. The number of thiazole rings is 1. The van der Waals surface area contributed by atoms with Crippen LogP contribution in [-0.4, -0.2) is 4.98 Å². The van der Waals surface area contributed by atoms with E-state index in [0.29, 0.717) is 6.04 Å². The van der Waals surface area contributed by atoms with E-state index in [4.69, 9.17) is 11.6 Å². The third-order valence-electron chi connectivity index (χ3n) is 2.63. The molecule has 90 valence electrons. The normalized spacial score (nSPS) is 12.6. The Morgan fingerprint density at radius 3 is 2.94 bits per heavy atom. The molecule has 0 saturated heterocycles. The van der Waals surface area contributed by atoms with Crippen molar-refractivity contribution in [3.05, 3.63) is 50.9 Å². The van der Waals surface area contributed by atoms with E-state index in [1.165, 1.54) is 22.5 Å². The van der Waals surface area contributed by atoms with Crippen LogP contribution in [0.2, 0.25) is 4.34 Å². The molecule has 0 fully saturated rings. The molecule has 0 spiro atoms. The van der Waals surface area contributed by atoms with Crippen LogP contribution in [0.25, 0.3) is 0 Å². The molecule has 2 aromatic rings. The Morgan fingerprint density at radius 1 is 1.47 bits per heavy atom. The standard InChI is InChI=1S/C13H15ClN2S/c1-9-4-3-5-11(6-9)10(2)15-8-13-16-7-12(14)17-13/h3-7,10,15H,8H2,1-2H3/t10-/m1/s1. The Labute approximate surface area is 111 Å². The minimum absolute atomic E-state index is 0.317. The van der Waals surface area contributed by atoms with Crippen molar-refractivity contribution in [3.63, 3.8) is 0 Å². The van der Waals surface area contributed by atoms with E-state index >= 15 is 0 Å². The van der Waals surface area contributed by atoms with Crippen molar-refractivity contribution in [2.45, 2.75) is 26.4 Å². The maximum Gasteiger partial charge on any atom is 0.113 e. The smallest absolute Gasteiger partial charge is 0.113 e. The predicted molar refractivity (Wildman–Crippen MR) is 73.6 cm³/mol. The van der Waals surface area contributed by atoms with E-state index in [1.807, 2.05) is 0 Å². The number of halogens is 1. The second-order valence-electron chi connectivity index (χ2n) is 4.07. The summed E-state index contributed by atoms with van der Waals surface area (Å²) in [7, 11) is 0.